The second-order valence-corrected chi connectivity index (χ2v) is 1.99. The van der Waals surface area contributed by atoms with Crippen LogP contribution in [0, 0.1) is 0 Å². The van der Waals surface area contributed by atoms with Crippen molar-refractivity contribution in [1.29, 1.82) is 0 Å². The van der Waals surface area contributed by atoms with E-state index in [0.29, 0.717) is 0 Å². The summed E-state index contributed by atoms with van der Waals surface area (Å²) >= 11 is 0. The molecule has 0 aromatic carbocycles. The van der Waals surface area contributed by atoms with Crippen molar-refractivity contribution in [2.24, 2.45) is 0 Å². The second-order valence-electron chi connectivity index (χ2n) is 1.99. The summed E-state index contributed by atoms with van der Waals surface area (Å²) in [6.07, 6.45) is -0.876. The normalized spacial score (nSPS) is 14.2. The molecule has 0 bridgehead atoms. The van der Waals surface area contributed by atoms with Crippen LogP contribution >= 0.6 is 0 Å². The molecule has 1 unspecified atom stereocenters. The van der Waals surface area contributed by atoms with Gasteiger partial charge in [0.2, 0.25) is 5.72 Å². The molecular formula is C5H10LiNO5. The Morgan fingerprint density at radius 3 is 2.00 bits per heavy atom. The van der Waals surface area contributed by atoms with E-state index in [-0.39, 0.29) is 20.3 Å². The van der Waals surface area contributed by atoms with Gasteiger partial charge in [-0.1, -0.05) is 0 Å². The number of likely N-dealkylation sites (N-methyl/N-ethyl adjacent to an activating group) is 1. The number of aliphatic hydroxyl groups is 1. The van der Waals surface area contributed by atoms with Gasteiger partial charge in [-0.2, -0.15) is 0 Å². The number of rotatable bonds is 4. The van der Waals surface area contributed by atoms with Gasteiger partial charge < -0.3 is 16.7 Å². The number of hydrogen-bond donors (Lipinski definition) is 4. The van der Waals surface area contributed by atoms with Crippen molar-refractivity contribution in [3.8, 4) is 0 Å². The maximum Gasteiger partial charge on any atom is 1.00 e. The third-order valence-electron chi connectivity index (χ3n) is 1.17. The van der Waals surface area contributed by atoms with E-state index in [1.54, 1.807) is 0 Å². The third kappa shape index (κ3) is 3.74. The minimum atomic E-state index is -2.37. The van der Waals surface area contributed by atoms with Crippen molar-refractivity contribution < 1.29 is 45.2 Å². The van der Waals surface area contributed by atoms with Crippen LogP contribution in [0.1, 0.15) is 7.85 Å². The van der Waals surface area contributed by atoms with Crippen LogP contribution in [0.5, 0.6) is 0 Å². The van der Waals surface area contributed by atoms with E-state index in [9.17, 15) is 9.59 Å². The molecule has 12 heavy (non-hydrogen) atoms. The molecule has 0 rings (SSSR count). The molecule has 0 saturated carbocycles. The number of carboxylic acid groups (broad SMARTS) is 2. The molecule has 0 spiro atoms. The van der Waals surface area contributed by atoms with Gasteiger partial charge in [0.25, 0.3) is 0 Å². The molecule has 0 radical (unpaired) electrons. The van der Waals surface area contributed by atoms with Crippen molar-refractivity contribution in [1.82, 2.24) is 5.32 Å². The van der Waals surface area contributed by atoms with Gasteiger partial charge in [0.1, 0.15) is 0 Å². The van der Waals surface area contributed by atoms with Crippen LogP contribution in [-0.2, 0) is 9.59 Å². The van der Waals surface area contributed by atoms with Gasteiger partial charge in [0.05, 0.1) is 6.42 Å². The molecule has 1 atom stereocenters. The molecule has 0 heterocycles. The minimum absolute atomic E-state index is 0. The first-order chi connectivity index (χ1) is 4.92. The van der Waals surface area contributed by atoms with E-state index in [2.05, 4.69) is 0 Å². The van der Waals surface area contributed by atoms with Crippen molar-refractivity contribution in [3.63, 3.8) is 0 Å². The summed E-state index contributed by atoms with van der Waals surface area (Å²) in [6, 6.07) is 0. The van der Waals surface area contributed by atoms with E-state index in [1.807, 2.05) is 5.32 Å². The summed E-state index contributed by atoms with van der Waals surface area (Å²) in [5.41, 5.74) is -2.37. The Hall–Kier alpha value is -0.543. The molecule has 0 aliphatic carbocycles. The van der Waals surface area contributed by atoms with Gasteiger partial charge in [-0.3, -0.25) is 10.1 Å². The largest absolute Gasteiger partial charge is 1.00 e. The Kier molecular flexibility index (Phi) is 6.03. The Labute approximate surface area is 82.2 Å². The first-order valence-corrected chi connectivity index (χ1v) is 2.79. The molecular weight excluding hydrogens is 161 g/mol. The van der Waals surface area contributed by atoms with Crippen LogP contribution in [0.25, 0.3) is 0 Å². The molecule has 66 valence electrons. The van der Waals surface area contributed by atoms with Gasteiger partial charge in [-0.25, -0.2) is 4.79 Å². The summed E-state index contributed by atoms with van der Waals surface area (Å²) in [7, 11) is 1.16. The van der Waals surface area contributed by atoms with Gasteiger partial charge in [-0.05, 0) is 7.05 Å². The van der Waals surface area contributed by atoms with Crippen LogP contribution in [0.3, 0.4) is 0 Å². The summed E-state index contributed by atoms with van der Waals surface area (Å²) < 4.78 is 0. The van der Waals surface area contributed by atoms with E-state index in [0.717, 1.165) is 7.05 Å². The van der Waals surface area contributed by atoms with Crippen molar-refractivity contribution >= 4 is 11.9 Å². The smallest absolute Gasteiger partial charge is 1.00 e. The predicted octanol–water partition coefficient (Wildman–Crippen LogP) is -4.43. The third-order valence-corrected chi connectivity index (χ3v) is 1.17. The molecule has 0 fully saturated rings. The van der Waals surface area contributed by atoms with Crippen LogP contribution in [0.4, 0.5) is 0 Å². The van der Waals surface area contributed by atoms with Gasteiger partial charge in [0, 0.05) is 0 Å². The number of nitrogens with one attached hydrogen (secondary N) is 1. The maximum absolute atomic E-state index is 10.2. The Bertz CT molecular complexity index is 190. The molecule has 6 nitrogen and oxygen atoms in total. The summed E-state index contributed by atoms with van der Waals surface area (Å²) in [5, 5.41) is 27.4. The van der Waals surface area contributed by atoms with E-state index >= 15 is 0 Å². The van der Waals surface area contributed by atoms with Gasteiger partial charge in [-0.15, -0.1) is 0 Å². The molecule has 0 amide bonds. The predicted molar refractivity (Wildman–Crippen MR) is 35.0 cm³/mol. The van der Waals surface area contributed by atoms with Crippen molar-refractivity contribution in [2.45, 2.75) is 12.1 Å². The molecule has 7 heteroatoms. The standard InChI is InChI=1S/C5H9NO5.Li.H/c1-6-5(11,4(9)10)2-3(7)8;;/h6,11H,2H2,1H3,(H,7,8)(H,9,10);;/q;+1;-1. The average molecular weight is 171 g/mol. The summed E-state index contributed by atoms with van der Waals surface area (Å²) in [4.78, 5) is 20.2. The average Bonchev–Trinajstić information content (AvgIpc) is 1.86. The molecule has 0 aromatic heterocycles. The fourth-order valence-corrected chi connectivity index (χ4v) is 0.490. The number of carbonyl (C=O) groups is 2. The zero-order chi connectivity index (χ0) is 9.07. The van der Waals surface area contributed by atoms with Crippen molar-refractivity contribution in [2.75, 3.05) is 7.05 Å². The SMILES string of the molecule is CNC(O)(CC(=O)O)C(=O)O.[H-].[Li+]. The minimum Gasteiger partial charge on any atom is -1.00 e. The summed E-state index contributed by atoms with van der Waals surface area (Å²) in [5.74, 6) is -2.99. The Balaban J connectivity index is -0.000000500. The Morgan fingerprint density at radius 2 is 1.92 bits per heavy atom. The molecule has 0 aromatic rings. The number of hydrogen-bond acceptors (Lipinski definition) is 4. The van der Waals surface area contributed by atoms with Gasteiger partial charge >= 0.3 is 30.8 Å². The number of carboxylic acids is 2. The van der Waals surface area contributed by atoms with Crippen molar-refractivity contribution in [3.05, 3.63) is 0 Å². The van der Waals surface area contributed by atoms with E-state index in [4.69, 9.17) is 15.3 Å². The fraction of sp³-hybridized carbons (Fsp3) is 0.600. The quantitative estimate of drug-likeness (QED) is 0.251. The molecule has 0 aliphatic rings. The van der Waals surface area contributed by atoms with E-state index in [1.165, 1.54) is 0 Å². The Morgan fingerprint density at radius 1 is 1.50 bits per heavy atom. The second kappa shape index (κ2) is 5.16. The first kappa shape index (κ1) is 14.0. The monoisotopic (exact) mass is 171 g/mol. The van der Waals surface area contributed by atoms with Gasteiger partial charge in [0.15, 0.2) is 0 Å². The van der Waals surface area contributed by atoms with Crippen LogP contribution < -0.4 is 24.2 Å². The number of aliphatic carboxylic acids is 2. The maximum atomic E-state index is 10.2. The van der Waals surface area contributed by atoms with Crippen LogP contribution in [0.15, 0.2) is 0 Å². The zero-order valence-corrected chi connectivity index (χ0v) is 6.87. The first-order valence-electron chi connectivity index (χ1n) is 2.79. The molecule has 0 aliphatic heterocycles. The van der Waals surface area contributed by atoms with E-state index < -0.39 is 24.1 Å². The fourth-order valence-electron chi connectivity index (χ4n) is 0.490. The van der Waals surface area contributed by atoms with Crippen LogP contribution in [0.2, 0.25) is 0 Å². The van der Waals surface area contributed by atoms with Crippen LogP contribution in [-0.4, -0.2) is 40.0 Å². The molecule has 4 N–H and O–H groups in total. The topological polar surface area (TPSA) is 107 Å². The molecule has 0 saturated heterocycles. The summed E-state index contributed by atoms with van der Waals surface area (Å²) in [6.45, 7) is 0. The zero-order valence-electron chi connectivity index (χ0n) is 7.87.